The van der Waals surface area contributed by atoms with E-state index in [9.17, 15) is 14.0 Å². The van der Waals surface area contributed by atoms with Gasteiger partial charge in [0.25, 0.3) is 5.91 Å². The van der Waals surface area contributed by atoms with E-state index in [1.165, 1.54) is 34.9 Å². The average molecular weight is 466 g/mol. The van der Waals surface area contributed by atoms with Crippen molar-refractivity contribution in [2.24, 2.45) is 0 Å². The molecule has 0 aromatic heterocycles. The SMILES string of the molecule is CCN1C(=O)/C(=C/c2ccc(OC(=O)c3ccccc3F)c(Br)c2)SC1=S. The van der Waals surface area contributed by atoms with Gasteiger partial charge in [0.1, 0.15) is 15.9 Å². The van der Waals surface area contributed by atoms with Gasteiger partial charge < -0.3 is 4.74 Å². The van der Waals surface area contributed by atoms with Gasteiger partial charge in [-0.05, 0) is 58.8 Å². The first-order valence-electron chi connectivity index (χ1n) is 7.92. The molecule has 2 aromatic carbocycles. The Bertz CT molecular complexity index is 977. The van der Waals surface area contributed by atoms with Crippen LogP contribution in [0.1, 0.15) is 22.8 Å². The first-order chi connectivity index (χ1) is 12.9. The highest BCUT2D eigenvalue weighted by Crippen LogP contribution is 2.34. The fourth-order valence-corrected chi connectivity index (χ4v) is 4.26. The molecule has 2 aromatic rings. The van der Waals surface area contributed by atoms with Gasteiger partial charge >= 0.3 is 5.97 Å². The van der Waals surface area contributed by atoms with Gasteiger partial charge in [0, 0.05) is 6.54 Å². The second kappa shape index (κ2) is 8.33. The summed E-state index contributed by atoms with van der Waals surface area (Å²) in [5, 5.41) is 0. The van der Waals surface area contributed by atoms with E-state index in [0.717, 1.165) is 5.56 Å². The Morgan fingerprint density at radius 3 is 2.70 bits per heavy atom. The highest BCUT2D eigenvalue weighted by Gasteiger charge is 2.30. The third kappa shape index (κ3) is 4.28. The number of benzene rings is 2. The van der Waals surface area contributed by atoms with Gasteiger partial charge in [0.2, 0.25) is 0 Å². The van der Waals surface area contributed by atoms with Gasteiger partial charge in [-0.3, -0.25) is 9.69 Å². The fraction of sp³-hybridized carbons (Fsp3) is 0.105. The molecule has 138 valence electrons. The van der Waals surface area contributed by atoms with Gasteiger partial charge in [-0.2, -0.15) is 0 Å². The lowest BCUT2D eigenvalue weighted by Crippen LogP contribution is -2.27. The third-order valence-corrected chi connectivity index (χ3v) is 5.74. The van der Waals surface area contributed by atoms with Crippen molar-refractivity contribution < 1.29 is 18.7 Å². The number of esters is 1. The van der Waals surface area contributed by atoms with Crippen LogP contribution in [0, 0.1) is 5.82 Å². The Morgan fingerprint density at radius 2 is 2.07 bits per heavy atom. The van der Waals surface area contributed by atoms with E-state index in [1.807, 2.05) is 6.92 Å². The first kappa shape index (κ1) is 19.7. The number of thiocarbonyl (C=S) groups is 1. The standard InChI is InChI=1S/C19H13BrFNO3S2/c1-2-22-17(23)16(27-19(22)26)10-11-7-8-15(13(20)9-11)25-18(24)12-5-3-4-6-14(12)21/h3-10H,2H2,1H3/b16-10-. The number of carbonyl (C=O) groups excluding carboxylic acids is 2. The maximum absolute atomic E-state index is 13.7. The van der Waals surface area contributed by atoms with E-state index in [-0.39, 0.29) is 17.2 Å². The summed E-state index contributed by atoms with van der Waals surface area (Å²) >= 11 is 9.78. The van der Waals surface area contributed by atoms with Crippen LogP contribution in [0.2, 0.25) is 0 Å². The summed E-state index contributed by atoms with van der Waals surface area (Å²) in [6, 6.07) is 10.6. The van der Waals surface area contributed by atoms with Crippen LogP contribution < -0.4 is 4.74 Å². The Balaban J connectivity index is 1.80. The highest BCUT2D eigenvalue weighted by atomic mass is 79.9. The minimum atomic E-state index is -0.787. The molecule has 0 N–H and O–H groups in total. The predicted molar refractivity (Wildman–Crippen MR) is 111 cm³/mol. The minimum Gasteiger partial charge on any atom is -0.422 e. The average Bonchev–Trinajstić information content (AvgIpc) is 2.90. The zero-order valence-corrected chi connectivity index (χ0v) is 17.3. The van der Waals surface area contributed by atoms with E-state index in [0.29, 0.717) is 20.2 Å². The van der Waals surface area contributed by atoms with E-state index in [1.54, 1.807) is 30.3 Å². The summed E-state index contributed by atoms with van der Waals surface area (Å²) < 4.78 is 20.0. The summed E-state index contributed by atoms with van der Waals surface area (Å²) in [5.74, 6) is -1.31. The molecule has 1 aliphatic heterocycles. The molecule has 1 saturated heterocycles. The van der Waals surface area contributed by atoms with Gasteiger partial charge in [-0.1, -0.05) is 42.2 Å². The lowest BCUT2D eigenvalue weighted by molar-refractivity contribution is -0.121. The molecule has 0 spiro atoms. The van der Waals surface area contributed by atoms with Crippen LogP contribution in [0.25, 0.3) is 6.08 Å². The number of amides is 1. The summed E-state index contributed by atoms with van der Waals surface area (Å²) in [6.45, 7) is 2.39. The normalized spacial score (nSPS) is 15.5. The summed E-state index contributed by atoms with van der Waals surface area (Å²) in [4.78, 5) is 26.5. The van der Waals surface area contributed by atoms with Crippen LogP contribution >= 0.6 is 39.9 Å². The van der Waals surface area contributed by atoms with Gasteiger partial charge in [-0.25, -0.2) is 9.18 Å². The van der Waals surface area contributed by atoms with Crippen molar-refractivity contribution in [2.45, 2.75) is 6.92 Å². The van der Waals surface area contributed by atoms with Crippen LogP contribution in [0.15, 0.2) is 51.8 Å². The Kier molecular flexibility index (Phi) is 6.08. The van der Waals surface area contributed by atoms with Crippen LogP contribution in [-0.2, 0) is 4.79 Å². The number of halogens is 2. The number of hydrogen-bond acceptors (Lipinski definition) is 5. The van der Waals surface area contributed by atoms with Crippen LogP contribution in [-0.4, -0.2) is 27.6 Å². The van der Waals surface area contributed by atoms with E-state index in [4.69, 9.17) is 17.0 Å². The second-order valence-corrected chi connectivity index (χ2v) is 8.02. The molecule has 0 unspecified atom stereocenters. The van der Waals surface area contributed by atoms with Crippen LogP contribution in [0.4, 0.5) is 4.39 Å². The molecule has 0 aliphatic carbocycles. The maximum atomic E-state index is 13.7. The van der Waals surface area contributed by atoms with Crippen molar-refractivity contribution >= 4 is 62.2 Å². The van der Waals surface area contributed by atoms with Crippen molar-refractivity contribution in [3.63, 3.8) is 0 Å². The molecular weight excluding hydrogens is 453 g/mol. The maximum Gasteiger partial charge on any atom is 0.346 e. The molecule has 8 heteroatoms. The molecule has 4 nitrogen and oxygen atoms in total. The largest absolute Gasteiger partial charge is 0.422 e. The minimum absolute atomic E-state index is 0.126. The second-order valence-electron chi connectivity index (χ2n) is 5.49. The molecule has 0 atom stereocenters. The quantitative estimate of drug-likeness (QED) is 0.274. The van der Waals surface area contributed by atoms with Crippen molar-refractivity contribution in [3.8, 4) is 5.75 Å². The van der Waals surface area contributed by atoms with Crippen molar-refractivity contribution in [2.75, 3.05) is 6.54 Å². The zero-order chi connectivity index (χ0) is 19.6. The third-order valence-electron chi connectivity index (χ3n) is 3.74. The number of carbonyl (C=O) groups is 2. The van der Waals surface area contributed by atoms with E-state index in [2.05, 4.69) is 15.9 Å². The van der Waals surface area contributed by atoms with E-state index < -0.39 is 11.8 Å². The smallest absolute Gasteiger partial charge is 0.346 e. The monoisotopic (exact) mass is 465 g/mol. The fourth-order valence-electron chi connectivity index (χ4n) is 2.40. The van der Waals surface area contributed by atoms with Crippen LogP contribution in [0.5, 0.6) is 5.75 Å². The number of rotatable bonds is 4. The molecule has 0 bridgehead atoms. The molecule has 0 saturated carbocycles. The number of thioether (sulfide) groups is 1. The topological polar surface area (TPSA) is 46.6 Å². The lowest BCUT2D eigenvalue weighted by Gasteiger charge is -2.09. The molecule has 0 radical (unpaired) electrons. The molecular formula is C19H13BrFNO3S2. The molecule has 1 fully saturated rings. The summed E-state index contributed by atoms with van der Waals surface area (Å²) in [7, 11) is 0. The molecule has 3 rings (SSSR count). The van der Waals surface area contributed by atoms with Crippen LogP contribution in [0.3, 0.4) is 0 Å². The summed E-state index contributed by atoms with van der Waals surface area (Å²) in [6.07, 6.45) is 1.72. The van der Waals surface area contributed by atoms with Crippen molar-refractivity contribution in [3.05, 3.63) is 68.8 Å². The molecule has 1 heterocycles. The molecule has 1 amide bonds. The zero-order valence-electron chi connectivity index (χ0n) is 14.1. The number of ether oxygens (including phenoxy) is 1. The first-order valence-corrected chi connectivity index (χ1v) is 9.94. The predicted octanol–water partition coefficient (Wildman–Crippen LogP) is 5.03. The van der Waals surface area contributed by atoms with Gasteiger partial charge in [-0.15, -0.1) is 0 Å². The van der Waals surface area contributed by atoms with Gasteiger partial charge in [0.15, 0.2) is 0 Å². The van der Waals surface area contributed by atoms with Gasteiger partial charge in [0.05, 0.1) is 14.9 Å². The number of hydrogen-bond donors (Lipinski definition) is 0. The number of nitrogens with zero attached hydrogens (tertiary/aromatic N) is 1. The highest BCUT2D eigenvalue weighted by molar-refractivity contribution is 9.10. The number of likely N-dealkylation sites (N-methyl/N-ethyl adjacent to an activating group) is 1. The Labute approximate surface area is 173 Å². The molecule has 27 heavy (non-hydrogen) atoms. The van der Waals surface area contributed by atoms with Crippen molar-refractivity contribution in [1.82, 2.24) is 4.90 Å². The molecule has 1 aliphatic rings. The van der Waals surface area contributed by atoms with Crippen molar-refractivity contribution in [1.29, 1.82) is 0 Å². The Hall–Kier alpha value is -2.03. The lowest BCUT2D eigenvalue weighted by atomic mass is 10.2. The van der Waals surface area contributed by atoms with E-state index >= 15 is 0 Å². The summed E-state index contributed by atoms with van der Waals surface area (Å²) in [5.41, 5.74) is 0.598. The Morgan fingerprint density at radius 1 is 1.33 bits per heavy atom.